The molecule has 1 amide bonds. The van der Waals surface area contributed by atoms with Crippen molar-refractivity contribution < 1.29 is 4.79 Å². The lowest BCUT2D eigenvalue weighted by Crippen LogP contribution is -2.12. The smallest absolute Gasteiger partial charge is 0.255 e. The van der Waals surface area contributed by atoms with E-state index in [-0.39, 0.29) is 21.6 Å². The zero-order chi connectivity index (χ0) is 14.0. The molecule has 3 nitrogen and oxygen atoms in total. The number of hydrogen-bond donors (Lipinski definition) is 2. The van der Waals surface area contributed by atoms with Gasteiger partial charge in [0.05, 0.1) is 15.7 Å². The summed E-state index contributed by atoms with van der Waals surface area (Å²) < 4.78 is 0. The average molecular weight is 316 g/mol. The predicted molar refractivity (Wildman–Crippen MR) is 80.3 cm³/mol. The fourth-order valence-electron chi connectivity index (χ4n) is 1.45. The second-order valence-corrected chi connectivity index (χ2v) is 5.07. The summed E-state index contributed by atoms with van der Waals surface area (Å²) in [6.07, 6.45) is 0. The van der Waals surface area contributed by atoms with Crippen LogP contribution in [0.25, 0.3) is 0 Å². The molecule has 0 aromatic heterocycles. The third-order valence-electron chi connectivity index (χ3n) is 2.44. The van der Waals surface area contributed by atoms with Gasteiger partial charge in [0.2, 0.25) is 0 Å². The van der Waals surface area contributed by atoms with Crippen LogP contribution in [0.3, 0.4) is 0 Å². The fraction of sp³-hybridized carbons (Fsp3) is 0. The maximum absolute atomic E-state index is 12.0. The standard InChI is InChI=1S/C13H9Cl3N2O/c14-8-1-3-9(4-2-8)18-13(19)7-5-10(15)12(17)11(16)6-7/h1-6H,17H2,(H,18,19). The molecule has 19 heavy (non-hydrogen) atoms. The fourth-order valence-corrected chi connectivity index (χ4v) is 2.06. The summed E-state index contributed by atoms with van der Waals surface area (Å²) in [5.74, 6) is -0.328. The minimum atomic E-state index is -0.328. The first kappa shape index (κ1) is 14.0. The highest BCUT2D eigenvalue weighted by atomic mass is 35.5. The summed E-state index contributed by atoms with van der Waals surface area (Å²) >= 11 is 17.5. The highest BCUT2D eigenvalue weighted by molar-refractivity contribution is 6.39. The minimum absolute atomic E-state index is 0.244. The lowest BCUT2D eigenvalue weighted by molar-refractivity contribution is 0.102. The molecule has 2 aromatic carbocycles. The molecule has 0 atom stereocenters. The first-order valence-corrected chi connectivity index (χ1v) is 6.42. The lowest BCUT2D eigenvalue weighted by Gasteiger charge is -2.08. The van der Waals surface area contributed by atoms with Gasteiger partial charge in [0.15, 0.2) is 0 Å². The van der Waals surface area contributed by atoms with Gasteiger partial charge in [0.25, 0.3) is 5.91 Å². The Balaban J connectivity index is 2.23. The molecule has 0 aliphatic heterocycles. The summed E-state index contributed by atoms with van der Waals surface area (Å²) in [5, 5.41) is 3.79. The van der Waals surface area contributed by atoms with E-state index in [1.165, 1.54) is 12.1 Å². The van der Waals surface area contributed by atoms with Crippen LogP contribution in [-0.2, 0) is 0 Å². The van der Waals surface area contributed by atoms with Crippen molar-refractivity contribution in [1.82, 2.24) is 0 Å². The largest absolute Gasteiger partial charge is 0.396 e. The Kier molecular flexibility index (Phi) is 4.20. The Morgan fingerprint density at radius 3 is 2.05 bits per heavy atom. The molecule has 0 unspecified atom stereocenters. The second kappa shape index (κ2) is 5.70. The van der Waals surface area contributed by atoms with Crippen LogP contribution in [-0.4, -0.2) is 5.91 Å². The summed E-state index contributed by atoms with van der Waals surface area (Å²) in [7, 11) is 0. The van der Waals surface area contributed by atoms with Gasteiger partial charge >= 0.3 is 0 Å². The molecule has 0 spiro atoms. The van der Waals surface area contributed by atoms with E-state index in [2.05, 4.69) is 5.32 Å². The van der Waals surface area contributed by atoms with Gasteiger partial charge in [-0.1, -0.05) is 34.8 Å². The van der Waals surface area contributed by atoms with Crippen LogP contribution in [0.2, 0.25) is 15.1 Å². The molecule has 0 radical (unpaired) electrons. The van der Waals surface area contributed by atoms with E-state index in [9.17, 15) is 4.79 Å². The molecule has 98 valence electrons. The molecule has 0 saturated carbocycles. The number of nitrogen functional groups attached to an aromatic ring is 1. The van der Waals surface area contributed by atoms with Gasteiger partial charge < -0.3 is 11.1 Å². The number of rotatable bonds is 2. The summed E-state index contributed by atoms with van der Waals surface area (Å²) in [6.45, 7) is 0. The molecule has 0 saturated heterocycles. The first-order valence-electron chi connectivity index (χ1n) is 5.29. The van der Waals surface area contributed by atoms with Gasteiger partial charge in [-0.05, 0) is 36.4 Å². The number of anilines is 2. The normalized spacial score (nSPS) is 10.3. The molecule has 0 bridgehead atoms. The van der Waals surface area contributed by atoms with Crippen LogP contribution in [0.1, 0.15) is 10.4 Å². The highest BCUT2D eigenvalue weighted by Crippen LogP contribution is 2.29. The van der Waals surface area contributed by atoms with E-state index in [0.29, 0.717) is 16.3 Å². The monoisotopic (exact) mass is 314 g/mol. The Labute approximate surface area is 125 Å². The Morgan fingerprint density at radius 1 is 1.00 bits per heavy atom. The molecular formula is C13H9Cl3N2O. The average Bonchev–Trinajstić information content (AvgIpc) is 2.38. The number of nitrogens with two attached hydrogens (primary N) is 1. The van der Waals surface area contributed by atoms with Crippen molar-refractivity contribution >= 4 is 52.1 Å². The highest BCUT2D eigenvalue weighted by Gasteiger charge is 2.11. The molecule has 0 heterocycles. The van der Waals surface area contributed by atoms with Gasteiger partial charge in [-0.15, -0.1) is 0 Å². The van der Waals surface area contributed by atoms with Gasteiger partial charge in [-0.3, -0.25) is 4.79 Å². The Morgan fingerprint density at radius 2 is 1.53 bits per heavy atom. The van der Waals surface area contributed by atoms with Gasteiger partial charge in [0, 0.05) is 16.3 Å². The van der Waals surface area contributed by atoms with Crippen LogP contribution < -0.4 is 11.1 Å². The van der Waals surface area contributed by atoms with E-state index in [1.807, 2.05) is 0 Å². The Hall–Kier alpha value is -1.42. The molecule has 3 N–H and O–H groups in total. The van der Waals surface area contributed by atoms with Crippen LogP contribution in [0.15, 0.2) is 36.4 Å². The van der Waals surface area contributed by atoms with E-state index in [1.54, 1.807) is 24.3 Å². The summed E-state index contributed by atoms with van der Waals surface area (Å²) in [6, 6.07) is 9.68. The summed E-state index contributed by atoms with van der Waals surface area (Å²) in [5.41, 5.74) is 6.82. The van der Waals surface area contributed by atoms with Crippen molar-refractivity contribution in [3.05, 3.63) is 57.0 Å². The van der Waals surface area contributed by atoms with Crippen molar-refractivity contribution in [3.63, 3.8) is 0 Å². The SMILES string of the molecule is Nc1c(Cl)cc(C(=O)Nc2ccc(Cl)cc2)cc1Cl. The third kappa shape index (κ3) is 3.32. The van der Waals surface area contributed by atoms with Crippen LogP contribution in [0.5, 0.6) is 0 Å². The van der Waals surface area contributed by atoms with Crippen LogP contribution in [0.4, 0.5) is 11.4 Å². The van der Waals surface area contributed by atoms with Crippen molar-refractivity contribution in [1.29, 1.82) is 0 Å². The predicted octanol–water partition coefficient (Wildman–Crippen LogP) is 4.48. The maximum Gasteiger partial charge on any atom is 0.255 e. The molecule has 2 aromatic rings. The number of amides is 1. The number of carbonyl (C=O) groups excluding carboxylic acids is 1. The van der Waals surface area contributed by atoms with E-state index in [4.69, 9.17) is 40.5 Å². The number of benzene rings is 2. The lowest BCUT2D eigenvalue weighted by atomic mass is 10.2. The zero-order valence-electron chi connectivity index (χ0n) is 9.58. The molecule has 0 aliphatic rings. The van der Waals surface area contributed by atoms with Crippen molar-refractivity contribution in [3.8, 4) is 0 Å². The topological polar surface area (TPSA) is 55.1 Å². The molecule has 2 rings (SSSR count). The third-order valence-corrected chi connectivity index (χ3v) is 3.32. The quantitative estimate of drug-likeness (QED) is 0.803. The van der Waals surface area contributed by atoms with Crippen LogP contribution in [0, 0.1) is 0 Å². The second-order valence-electron chi connectivity index (χ2n) is 3.81. The molecule has 0 fully saturated rings. The number of nitrogens with one attached hydrogen (secondary N) is 1. The zero-order valence-corrected chi connectivity index (χ0v) is 11.9. The maximum atomic E-state index is 12.0. The number of carbonyl (C=O) groups is 1. The van der Waals surface area contributed by atoms with Crippen molar-refractivity contribution in [2.45, 2.75) is 0 Å². The molecular weight excluding hydrogens is 307 g/mol. The minimum Gasteiger partial charge on any atom is -0.396 e. The van der Waals surface area contributed by atoms with Crippen LogP contribution >= 0.6 is 34.8 Å². The first-order chi connectivity index (χ1) is 8.97. The van der Waals surface area contributed by atoms with Gasteiger partial charge in [-0.2, -0.15) is 0 Å². The summed E-state index contributed by atoms with van der Waals surface area (Å²) in [4.78, 5) is 12.0. The van der Waals surface area contributed by atoms with Crippen molar-refractivity contribution in [2.24, 2.45) is 0 Å². The van der Waals surface area contributed by atoms with E-state index in [0.717, 1.165) is 0 Å². The molecule has 6 heteroatoms. The van der Waals surface area contributed by atoms with Crippen molar-refractivity contribution in [2.75, 3.05) is 11.1 Å². The number of halogens is 3. The Bertz CT molecular complexity index is 603. The van der Waals surface area contributed by atoms with Gasteiger partial charge in [-0.25, -0.2) is 0 Å². The van der Waals surface area contributed by atoms with E-state index >= 15 is 0 Å². The number of hydrogen-bond acceptors (Lipinski definition) is 2. The molecule has 0 aliphatic carbocycles. The van der Waals surface area contributed by atoms with E-state index < -0.39 is 0 Å². The van der Waals surface area contributed by atoms with Gasteiger partial charge in [0.1, 0.15) is 0 Å².